The molecule has 2 saturated heterocycles. The lowest BCUT2D eigenvalue weighted by atomic mass is 9.98. The molecule has 9 nitrogen and oxygen atoms in total. The SMILES string of the molecule is CCOC(=O)N1CCN(S(=O)(=O)N2CCC[C@H](C(=O)NC(C)C)C2)CC1. The van der Waals surface area contributed by atoms with Crippen molar-refractivity contribution in [1.82, 2.24) is 18.8 Å². The van der Waals surface area contributed by atoms with Crippen molar-refractivity contribution in [3.8, 4) is 0 Å². The van der Waals surface area contributed by atoms with Crippen LogP contribution in [0.3, 0.4) is 0 Å². The van der Waals surface area contributed by atoms with Crippen LogP contribution in [0.15, 0.2) is 0 Å². The average molecular weight is 391 g/mol. The Hall–Kier alpha value is -1.39. The molecule has 2 heterocycles. The molecule has 1 N–H and O–H groups in total. The molecule has 2 aliphatic rings. The number of nitrogens with one attached hydrogen (secondary N) is 1. The van der Waals surface area contributed by atoms with Gasteiger partial charge in [-0.15, -0.1) is 0 Å². The van der Waals surface area contributed by atoms with Crippen molar-refractivity contribution in [1.29, 1.82) is 0 Å². The van der Waals surface area contributed by atoms with Crippen LogP contribution in [0.2, 0.25) is 0 Å². The molecule has 0 saturated carbocycles. The highest BCUT2D eigenvalue weighted by Gasteiger charge is 2.37. The lowest BCUT2D eigenvalue weighted by Gasteiger charge is -2.38. The molecule has 0 bridgehead atoms. The van der Waals surface area contributed by atoms with E-state index in [1.807, 2.05) is 13.8 Å². The van der Waals surface area contributed by atoms with Gasteiger partial charge in [0.1, 0.15) is 0 Å². The monoisotopic (exact) mass is 390 g/mol. The smallest absolute Gasteiger partial charge is 0.409 e. The Labute approximate surface area is 155 Å². The standard InChI is InChI=1S/C16H30N4O5S/c1-4-25-16(22)18-8-10-19(11-9-18)26(23,24)20-7-5-6-14(12-20)15(21)17-13(2)3/h13-14H,4-12H2,1-3H3,(H,17,21)/t14-/m0/s1. The molecular formula is C16H30N4O5S. The van der Waals surface area contributed by atoms with Crippen LogP contribution >= 0.6 is 0 Å². The molecule has 0 radical (unpaired) electrons. The van der Waals surface area contributed by atoms with Gasteiger partial charge in [-0.2, -0.15) is 17.0 Å². The number of carbonyl (C=O) groups excluding carboxylic acids is 2. The molecule has 0 aromatic carbocycles. The van der Waals surface area contributed by atoms with Crippen LogP contribution in [0.5, 0.6) is 0 Å². The molecule has 0 aromatic rings. The number of piperidine rings is 1. The molecule has 0 spiro atoms. The van der Waals surface area contributed by atoms with E-state index in [9.17, 15) is 18.0 Å². The van der Waals surface area contributed by atoms with Gasteiger partial charge in [0.05, 0.1) is 12.5 Å². The zero-order chi connectivity index (χ0) is 19.3. The van der Waals surface area contributed by atoms with Crippen molar-refractivity contribution < 1.29 is 22.7 Å². The van der Waals surface area contributed by atoms with Crippen LogP contribution < -0.4 is 5.32 Å². The second-order valence-corrected chi connectivity index (χ2v) is 8.88. The molecule has 0 aliphatic carbocycles. The Morgan fingerprint density at radius 3 is 2.35 bits per heavy atom. The summed E-state index contributed by atoms with van der Waals surface area (Å²) in [5.74, 6) is -0.409. The number of ether oxygens (including phenoxy) is 1. The normalized spacial score (nSPS) is 23.1. The number of rotatable bonds is 5. The van der Waals surface area contributed by atoms with E-state index in [-0.39, 0.29) is 37.5 Å². The first-order chi connectivity index (χ1) is 12.3. The van der Waals surface area contributed by atoms with Crippen molar-refractivity contribution in [3.63, 3.8) is 0 Å². The second-order valence-electron chi connectivity index (χ2n) is 6.95. The summed E-state index contributed by atoms with van der Waals surface area (Å²) < 4.78 is 33.6. The molecule has 2 fully saturated rings. The van der Waals surface area contributed by atoms with Gasteiger partial charge in [0.25, 0.3) is 10.2 Å². The fraction of sp³-hybridized carbons (Fsp3) is 0.875. The Morgan fingerprint density at radius 2 is 1.77 bits per heavy atom. The molecule has 10 heteroatoms. The summed E-state index contributed by atoms with van der Waals surface area (Å²) in [4.78, 5) is 25.5. The Bertz CT molecular complexity index is 602. The van der Waals surface area contributed by atoms with E-state index in [4.69, 9.17) is 4.74 Å². The summed E-state index contributed by atoms with van der Waals surface area (Å²) in [6.45, 7) is 7.53. The Kier molecular flexibility index (Phi) is 7.24. The van der Waals surface area contributed by atoms with Gasteiger partial charge in [0.2, 0.25) is 5.91 Å². The van der Waals surface area contributed by atoms with E-state index in [2.05, 4.69) is 5.32 Å². The fourth-order valence-corrected chi connectivity index (χ4v) is 4.93. The first-order valence-electron chi connectivity index (χ1n) is 9.23. The zero-order valence-corrected chi connectivity index (χ0v) is 16.6. The topological polar surface area (TPSA) is 99.3 Å². The van der Waals surface area contributed by atoms with E-state index in [0.717, 1.165) is 0 Å². The summed E-state index contributed by atoms with van der Waals surface area (Å²) in [6, 6.07) is 0.0328. The fourth-order valence-electron chi connectivity index (χ4n) is 3.25. The van der Waals surface area contributed by atoms with Crippen molar-refractivity contribution in [3.05, 3.63) is 0 Å². The quantitative estimate of drug-likeness (QED) is 0.725. The third-order valence-corrected chi connectivity index (χ3v) is 6.61. The first-order valence-corrected chi connectivity index (χ1v) is 10.6. The maximum Gasteiger partial charge on any atom is 0.409 e. The molecule has 26 heavy (non-hydrogen) atoms. The van der Waals surface area contributed by atoms with Crippen molar-refractivity contribution >= 4 is 22.2 Å². The average Bonchev–Trinajstić information content (AvgIpc) is 2.61. The van der Waals surface area contributed by atoms with Crippen molar-refractivity contribution in [2.75, 3.05) is 45.9 Å². The van der Waals surface area contributed by atoms with Gasteiger partial charge < -0.3 is 15.0 Å². The minimum atomic E-state index is -3.63. The van der Waals surface area contributed by atoms with Crippen LogP contribution in [0.1, 0.15) is 33.6 Å². The number of hydrogen-bond donors (Lipinski definition) is 1. The molecule has 2 aliphatic heterocycles. The molecule has 1 atom stereocenters. The molecule has 0 unspecified atom stereocenters. The van der Waals surface area contributed by atoms with Gasteiger partial charge in [-0.1, -0.05) is 0 Å². The highest BCUT2D eigenvalue weighted by atomic mass is 32.2. The third kappa shape index (κ3) is 5.08. The third-order valence-electron chi connectivity index (χ3n) is 4.60. The predicted molar refractivity (Wildman–Crippen MR) is 96.7 cm³/mol. The van der Waals surface area contributed by atoms with Gasteiger partial charge in [-0.3, -0.25) is 4.79 Å². The highest BCUT2D eigenvalue weighted by molar-refractivity contribution is 7.86. The van der Waals surface area contributed by atoms with Crippen molar-refractivity contribution in [2.45, 2.75) is 39.7 Å². The molecular weight excluding hydrogens is 360 g/mol. The van der Waals surface area contributed by atoms with Gasteiger partial charge in [-0.05, 0) is 33.6 Å². The summed E-state index contributed by atoms with van der Waals surface area (Å²) >= 11 is 0. The first kappa shape index (κ1) is 20.9. The maximum atomic E-state index is 12.9. The van der Waals surface area contributed by atoms with Gasteiger partial charge in [0, 0.05) is 45.3 Å². The van der Waals surface area contributed by atoms with E-state index in [1.165, 1.54) is 13.5 Å². The van der Waals surface area contributed by atoms with Gasteiger partial charge in [-0.25, -0.2) is 4.79 Å². The second kappa shape index (κ2) is 9.01. The Balaban J connectivity index is 1.95. The van der Waals surface area contributed by atoms with Crippen LogP contribution in [-0.2, 0) is 19.7 Å². The highest BCUT2D eigenvalue weighted by Crippen LogP contribution is 2.22. The summed E-state index contributed by atoms with van der Waals surface area (Å²) in [5.41, 5.74) is 0. The van der Waals surface area contributed by atoms with Gasteiger partial charge in [0.15, 0.2) is 0 Å². The zero-order valence-electron chi connectivity index (χ0n) is 15.8. The number of amides is 2. The molecule has 0 aromatic heterocycles. The maximum absolute atomic E-state index is 12.9. The summed E-state index contributed by atoms with van der Waals surface area (Å²) in [6.07, 6.45) is 0.951. The number of nitrogens with zero attached hydrogens (tertiary/aromatic N) is 3. The lowest BCUT2D eigenvalue weighted by Crippen LogP contribution is -2.56. The van der Waals surface area contributed by atoms with Crippen LogP contribution in [0.4, 0.5) is 4.79 Å². The molecule has 2 amide bonds. The molecule has 2 rings (SSSR count). The van der Waals surface area contributed by atoms with Gasteiger partial charge >= 0.3 is 6.09 Å². The minimum Gasteiger partial charge on any atom is -0.450 e. The lowest BCUT2D eigenvalue weighted by molar-refractivity contribution is -0.126. The van der Waals surface area contributed by atoms with E-state index in [0.29, 0.717) is 39.1 Å². The summed E-state index contributed by atoms with van der Waals surface area (Å²) in [5, 5.41) is 2.86. The van der Waals surface area contributed by atoms with E-state index < -0.39 is 16.3 Å². The van der Waals surface area contributed by atoms with E-state index >= 15 is 0 Å². The number of piperazine rings is 1. The van der Waals surface area contributed by atoms with Crippen LogP contribution in [0, 0.1) is 5.92 Å². The largest absolute Gasteiger partial charge is 0.450 e. The van der Waals surface area contributed by atoms with Crippen molar-refractivity contribution in [2.24, 2.45) is 5.92 Å². The molecule has 150 valence electrons. The summed E-state index contributed by atoms with van der Waals surface area (Å²) in [7, 11) is -3.63. The van der Waals surface area contributed by atoms with Crippen LogP contribution in [-0.4, -0.2) is 85.8 Å². The number of carbonyl (C=O) groups is 2. The predicted octanol–water partition coefficient (Wildman–Crippen LogP) is 0.242. The van der Waals surface area contributed by atoms with E-state index in [1.54, 1.807) is 6.92 Å². The van der Waals surface area contributed by atoms with Crippen LogP contribution in [0.25, 0.3) is 0 Å². The number of hydrogen-bond acceptors (Lipinski definition) is 5. The minimum absolute atomic E-state index is 0.0328. The Morgan fingerprint density at radius 1 is 1.12 bits per heavy atom.